The van der Waals surface area contributed by atoms with Gasteiger partial charge >= 0.3 is 5.97 Å². The molecule has 2 aromatic carbocycles. The Hall–Kier alpha value is -2.23. The van der Waals surface area contributed by atoms with Crippen LogP contribution in [0.4, 0.5) is 5.69 Å². The summed E-state index contributed by atoms with van der Waals surface area (Å²) in [5.74, 6) is -0.782. The molecule has 0 unspecified atom stereocenters. The number of hydrogen-bond donors (Lipinski definition) is 1. The van der Waals surface area contributed by atoms with Crippen LogP contribution in [0.25, 0.3) is 0 Å². The number of nitrogens with one attached hydrogen (secondary N) is 1. The van der Waals surface area contributed by atoms with Gasteiger partial charge in [0.1, 0.15) is 0 Å². The van der Waals surface area contributed by atoms with Crippen LogP contribution >= 0.6 is 23.4 Å². The normalized spacial score (nSPS) is 14.5. The summed E-state index contributed by atoms with van der Waals surface area (Å²) < 4.78 is 33.3. The average molecular weight is 497 g/mol. The number of benzene rings is 2. The third-order valence-corrected chi connectivity index (χ3v) is 7.73. The number of amides is 1. The Morgan fingerprint density at radius 1 is 1.06 bits per heavy atom. The molecule has 7 nitrogen and oxygen atoms in total. The number of hydrogen-bond acceptors (Lipinski definition) is 6. The van der Waals surface area contributed by atoms with E-state index in [-0.39, 0.29) is 27.1 Å². The van der Waals surface area contributed by atoms with Crippen LogP contribution in [0, 0.1) is 0 Å². The number of nitrogens with zero attached hydrogens (tertiary/aromatic N) is 1. The molecule has 0 spiro atoms. The Labute approximate surface area is 197 Å². The number of rotatable bonds is 6. The van der Waals surface area contributed by atoms with Crippen LogP contribution in [0.3, 0.4) is 0 Å². The number of thioether (sulfide) groups is 1. The zero-order chi connectivity index (χ0) is 23.3. The molecule has 1 fully saturated rings. The Morgan fingerprint density at radius 3 is 2.38 bits per heavy atom. The SMILES string of the molecule is COC(=O)c1ccc(Cl)c(NS(=O)(=O)c2ccc(SC)c(C(=O)N3CCCCCC3)c2)c1. The van der Waals surface area contributed by atoms with E-state index in [1.807, 2.05) is 6.26 Å². The topological polar surface area (TPSA) is 92.8 Å². The number of carbonyl (C=O) groups is 2. The predicted octanol–water partition coefficient (Wildman–Crippen LogP) is 4.67. The van der Waals surface area contributed by atoms with Crippen molar-refractivity contribution >= 4 is 50.9 Å². The first-order valence-corrected chi connectivity index (χ1v) is 13.2. The summed E-state index contributed by atoms with van der Waals surface area (Å²) in [5, 5.41) is 0.128. The first-order valence-electron chi connectivity index (χ1n) is 10.1. The molecule has 1 N–H and O–H groups in total. The van der Waals surface area contributed by atoms with Crippen LogP contribution in [0.15, 0.2) is 46.2 Å². The zero-order valence-electron chi connectivity index (χ0n) is 17.9. The molecule has 10 heteroatoms. The lowest BCUT2D eigenvalue weighted by Gasteiger charge is -2.22. The van der Waals surface area contributed by atoms with Crippen molar-refractivity contribution in [3.05, 3.63) is 52.5 Å². The van der Waals surface area contributed by atoms with E-state index in [4.69, 9.17) is 11.6 Å². The number of likely N-dealkylation sites (tertiary alicyclic amines) is 1. The quantitative estimate of drug-likeness (QED) is 0.461. The van der Waals surface area contributed by atoms with Crippen LogP contribution in [0.2, 0.25) is 5.02 Å². The van der Waals surface area contributed by atoms with Crippen molar-refractivity contribution in [2.24, 2.45) is 0 Å². The third-order valence-electron chi connectivity index (χ3n) is 5.24. The van der Waals surface area contributed by atoms with E-state index in [1.54, 1.807) is 11.0 Å². The van der Waals surface area contributed by atoms with Gasteiger partial charge in [-0.05, 0) is 55.5 Å². The molecule has 1 aliphatic rings. The monoisotopic (exact) mass is 496 g/mol. The second kappa shape index (κ2) is 10.6. The fourth-order valence-electron chi connectivity index (χ4n) is 3.52. The molecule has 0 atom stereocenters. The molecule has 1 saturated heterocycles. The largest absolute Gasteiger partial charge is 0.465 e. The molecule has 0 aliphatic carbocycles. The van der Waals surface area contributed by atoms with Gasteiger partial charge < -0.3 is 9.64 Å². The number of methoxy groups -OCH3 is 1. The molecule has 32 heavy (non-hydrogen) atoms. The number of esters is 1. The second-order valence-electron chi connectivity index (χ2n) is 7.36. The summed E-state index contributed by atoms with van der Waals surface area (Å²) in [5.41, 5.74) is 0.560. The van der Waals surface area contributed by atoms with E-state index in [2.05, 4.69) is 9.46 Å². The van der Waals surface area contributed by atoms with Crippen LogP contribution in [0.1, 0.15) is 46.4 Å². The molecule has 172 valence electrons. The van der Waals surface area contributed by atoms with Gasteiger partial charge in [0.05, 0.1) is 33.8 Å². The van der Waals surface area contributed by atoms with Crippen LogP contribution in [0.5, 0.6) is 0 Å². The highest BCUT2D eigenvalue weighted by atomic mass is 35.5. The van der Waals surface area contributed by atoms with E-state index < -0.39 is 16.0 Å². The third kappa shape index (κ3) is 5.57. The highest BCUT2D eigenvalue weighted by Gasteiger charge is 2.24. The maximum absolute atomic E-state index is 13.2. The first-order chi connectivity index (χ1) is 15.3. The van der Waals surface area contributed by atoms with E-state index in [0.29, 0.717) is 23.5 Å². The molecule has 1 amide bonds. The number of ether oxygens (including phenoxy) is 1. The van der Waals surface area contributed by atoms with Crippen molar-refractivity contribution in [2.75, 3.05) is 31.2 Å². The molecule has 1 aliphatic heterocycles. The van der Waals surface area contributed by atoms with Gasteiger partial charge in [0, 0.05) is 18.0 Å². The van der Waals surface area contributed by atoms with Crippen molar-refractivity contribution in [1.82, 2.24) is 4.90 Å². The summed E-state index contributed by atoms with van der Waals surface area (Å²) in [6, 6.07) is 8.65. The molecule has 2 aromatic rings. The highest BCUT2D eigenvalue weighted by Crippen LogP contribution is 2.29. The van der Waals surface area contributed by atoms with Gasteiger partial charge in [-0.1, -0.05) is 24.4 Å². The minimum absolute atomic E-state index is 0.0453. The molecule has 3 rings (SSSR count). The maximum Gasteiger partial charge on any atom is 0.337 e. The highest BCUT2D eigenvalue weighted by molar-refractivity contribution is 7.98. The Balaban J connectivity index is 1.94. The van der Waals surface area contributed by atoms with Gasteiger partial charge in [0.2, 0.25) is 0 Å². The van der Waals surface area contributed by atoms with Crippen molar-refractivity contribution in [2.45, 2.75) is 35.5 Å². The van der Waals surface area contributed by atoms with Gasteiger partial charge in [-0.25, -0.2) is 13.2 Å². The first kappa shape index (κ1) is 24.4. The molecule has 0 radical (unpaired) electrons. The van der Waals surface area contributed by atoms with Crippen molar-refractivity contribution in [3.8, 4) is 0 Å². The molecule has 0 aromatic heterocycles. The Morgan fingerprint density at radius 2 is 1.75 bits per heavy atom. The lowest BCUT2D eigenvalue weighted by molar-refractivity contribution is 0.0600. The van der Waals surface area contributed by atoms with Gasteiger partial charge in [0.25, 0.3) is 15.9 Å². The van der Waals surface area contributed by atoms with E-state index in [9.17, 15) is 18.0 Å². The number of anilines is 1. The summed E-state index contributed by atoms with van der Waals surface area (Å²) in [7, 11) is -2.84. The maximum atomic E-state index is 13.2. The van der Waals surface area contributed by atoms with E-state index in [1.165, 1.54) is 49.2 Å². The minimum atomic E-state index is -4.07. The van der Waals surface area contributed by atoms with Gasteiger partial charge in [-0.2, -0.15) is 0 Å². The van der Waals surface area contributed by atoms with Crippen molar-refractivity contribution in [1.29, 1.82) is 0 Å². The number of sulfonamides is 1. The zero-order valence-corrected chi connectivity index (χ0v) is 20.3. The number of halogens is 1. The fourth-order valence-corrected chi connectivity index (χ4v) is 5.41. The smallest absolute Gasteiger partial charge is 0.337 e. The van der Waals surface area contributed by atoms with Gasteiger partial charge in [0.15, 0.2) is 0 Å². The predicted molar refractivity (Wildman–Crippen MR) is 126 cm³/mol. The van der Waals surface area contributed by atoms with Crippen LogP contribution in [-0.4, -0.2) is 51.6 Å². The molecular weight excluding hydrogens is 472 g/mol. The number of carbonyl (C=O) groups excluding carboxylic acids is 2. The second-order valence-corrected chi connectivity index (χ2v) is 10.3. The lowest BCUT2D eigenvalue weighted by atomic mass is 10.2. The fraction of sp³-hybridized carbons (Fsp3) is 0.364. The molecule has 0 bridgehead atoms. The average Bonchev–Trinajstić information content (AvgIpc) is 3.08. The van der Waals surface area contributed by atoms with Crippen molar-refractivity contribution < 1.29 is 22.7 Å². The van der Waals surface area contributed by atoms with Crippen LogP contribution < -0.4 is 4.72 Å². The lowest BCUT2D eigenvalue weighted by Crippen LogP contribution is -2.32. The van der Waals surface area contributed by atoms with E-state index in [0.717, 1.165) is 25.7 Å². The summed E-state index contributed by atoms with van der Waals surface area (Å²) in [4.78, 5) is 27.4. The summed E-state index contributed by atoms with van der Waals surface area (Å²) in [6.45, 7) is 1.33. The van der Waals surface area contributed by atoms with Gasteiger partial charge in [-0.15, -0.1) is 11.8 Å². The van der Waals surface area contributed by atoms with Crippen molar-refractivity contribution in [3.63, 3.8) is 0 Å². The summed E-state index contributed by atoms with van der Waals surface area (Å²) >= 11 is 7.53. The van der Waals surface area contributed by atoms with Crippen LogP contribution in [-0.2, 0) is 14.8 Å². The summed E-state index contributed by atoms with van der Waals surface area (Å²) in [6.07, 6.45) is 5.90. The molecule has 1 heterocycles. The standard InChI is InChI=1S/C22H25ClN2O5S2/c1-30-22(27)15-7-9-18(23)19(13-15)24-32(28,29)16-8-10-20(31-2)17(14-16)21(26)25-11-5-3-4-6-12-25/h7-10,13-14,24H,3-6,11-12H2,1-2H3. The van der Waals surface area contributed by atoms with Gasteiger partial charge in [-0.3, -0.25) is 9.52 Å². The molecular formula is C22H25ClN2O5S2. The Kier molecular flexibility index (Phi) is 8.08. The molecule has 0 saturated carbocycles. The Bertz CT molecular complexity index is 1110. The van der Waals surface area contributed by atoms with E-state index >= 15 is 0 Å². The minimum Gasteiger partial charge on any atom is -0.465 e.